The van der Waals surface area contributed by atoms with Crippen molar-refractivity contribution < 1.29 is 4.92 Å². The number of hydrogen-bond donors (Lipinski definition) is 0. The Labute approximate surface area is 104 Å². The topological polar surface area (TPSA) is 68.9 Å². The third kappa shape index (κ3) is 2.31. The second kappa shape index (κ2) is 4.77. The highest BCUT2D eigenvalue weighted by Crippen LogP contribution is 2.37. The van der Waals surface area contributed by atoms with Crippen LogP contribution in [0.2, 0.25) is 5.15 Å². The summed E-state index contributed by atoms with van der Waals surface area (Å²) in [5.74, 6) is 0. The van der Waals surface area contributed by atoms with E-state index < -0.39 is 4.92 Å². The zero-order valence-corrected chi connectivity index (χ0v) is 10.1. The maximum absolute atomic E-state index is 10.8. The summed E-state index contributed by atoms with van der Waals surface area (Å²) >= 11 is 8.35. The van der Waals surface area contributed by atoms with E-state index in [4.69, 9.17) is 11.6 Å². The van der Waals surface area contributed by atoms with Gasteiger partial charge in [-0.25, -0.2) is 9.97 Å². The van der Waals surface area contributed by atoms with Gasteiger partial charge in [0.2, 0.25) is 5.15 Å². The number of rotatable bonds is 3. The molecule has 2 aromatic rings. The molecule has 0 aliphatic heterocycles. The summed E-state index contributed by atoms with van der Waals surface area (Å²) in [6, 6.07) is 3.72. The van der Waals surface area contributed by atoms with Crippen molar-refractivity contribution in [3.63, 3.8) is 0 Å². The van der Waals surface area contributed by atoms with Crippen LogP contribution in [0, 0.1) is 10.1 Å². The number of halogens is 1. The van der Waals surface area contributed by atoms with E-state index in [0.29, 0.717) is 0 Å². The first-order valence-electron chi connectivity index (χ1n) is 4.04. The van der Waals surface area contributed by atoms with E-state index in [0.717, 1.165) is 4.21 Å². The largest absolute Gasteiger partial charge is 0.338 e. The highest BCUT2D eigenvalue weighted by atomic mass is 35.5. The van der Waals surface area contributed by atoms with E-state index >= 15 is 0 Å². The average Bonchev–Trinajstić information content (AvgIpc) is 2.70. The fourth-order valence-corrected chi connectivity index (χ4v) is 2.99. The molecule has 2 aromatic heterocycles. The molecule has 16 heavy (non-hydrogen) atoms. The normalized spacial score (nSPS) is 10.3. The molecule has 0 aliphatic carbocycles. The molecule has 8 heteroatoms. The first-order valence-corrected chi connectivity index (χ1v) is 6.12. The van der Waals surface area contributed by atoms with Crippen LogP contribution in [0.5, 0.6) is 0 Å². The molecule has 5 nitrogen and oxygen atoms in total. The molecule has 0 saturated carbocycles. The van der Waals surface area contributed by atoms with Crippen molar-refractivity contribution in [1.82, 2.24) is 9.97 Å². The lowest BCUT2D eigenvalue weighted by Gasteiger charge is -1.99. The van der Waals surface area contributed by atoms with Crippen molar-refractivity contribution in [1.29, 1.82) is 0 Å². The molecular weight excluding hydrogens is 270 g/mol. The molecule has 0 bridgehead atoms. The minimum atomic E-state index is -0.571. The summed E-state index contributed by atoms with van der Waals surface area (Å²) in [6.07, 6.45) is 1.21. The van der Waals surface area contributed by atoms with Crippen LogP contribution < -0.4 is 0 Å². The molecule has 0 N–H and O–H groups in total. The lowest BCUT2D eigenvalue weighted by Crippen LogP contribution is -1.96. The van der Waals surface area contributed by atoms with Crippen molar-refractivity contribution in [2.45, 2.75) is 9.24 Å². The Morgan fingerprint density at radius 1 is 1.50 bits per heavy atom. The van der Waals surface area contributed by atoms with E-state index in [1.165, 1.54) is 29.4 Å². The molecule has 2 heterocycles. The van der Waals surface area contributed by atoms with Gasteiger partial charge in [0.1, 0.15) is 6.33 Å². The first kappa shape index (κ1) is 11.3. The molecule has 0 spiro atoms. The van der Waals surface area contributed by atoms with Gasteiger partial charge in [-0.2, -0.15) is 0 Å². The molecule has 0 aromatic carbocycles. The monoisotopic (exact) mass is 273 g/mol. The Hall–Kier alpha value is -1.18. The molecular formula is C8H4ClN3O2S2. The summed E-state index contributed by atoms with van der Waals surface area (Å²) in [4.78, 5) is 17.7. The summed E-state index contributed by atoms with van der Waals surface area (Å²) in [6.45, 7) is 0. The van der Waals surface area contributed by atoms with Crippen molar-refractivity contribution in [2.24, 2.45) is 0 Å². The number of thiophene rings is 1. The standard InChI is InChI=1S/C8H4ClN3O2S2/c9-7-6(12(13)14)8(11-4-10-7)16-5-2-1-3-15-5/h1-4H. The summed E-state index contributed by atoms with van der Waals surface area (Å²) in [5, 5.41) is 12.8. The van der Waals surface area contributed by atoms with Gasteiger partial charge < -0.3 is 0 Å². The molecule has 0 fully saturated rings. The van der Waals surface area contributed by atoms with Crippen LogP contribution in [-0.4, -0.2) is 14.9 Å². The lowest BCUT2D eigenvalue weighted by atomic mass is 10.5. The van der Waals surface area contributed by atoms with Gasteiger partial charge in [0.25, 0.3) is 0 Å². The second-order valence-corrected chi connectivity index (χ2v) is 5.20. The van der Waals surface area contributed by atoms with Crippen molar-refractivity contribution in [3.05, 3.63) is 39.1 Å². The van der Waals surface area contributed by atoms with Gasteiger partial charge in [-0.15, -0.1) is 11.3 Å². The molecule has 82 valence electrons. The third-order valence-corrected chi connectivity index (χ3v) is 3.93. The van der Waals surface area contributed by atoms with Crippen molar-refractivity contribution in [2.75, 3.05) is 0 Å². The van der Waals surface area contributed by atoms with Crippen molar-refractivity contribution in [3.8, 4) is 0 Å². The first-order chi connectivity index (χ1) is 7.68. The Bertz CT molecular complexity index is 518. The Kier molecular flexibility index (Phi) is 3.37. The summed E-state index contributed by atoms with van der Waals surface area (Å²) < 4.78 is 0.915. The van der Waals surface area contributed by atoms with Gasteiger partial charge in [-0.05, 0) is 11.4 Å². The van der Waals surface area contributed by atoms with Gasteiger partial charge >= 0.3 is 5.69 Å². The number of aromatic nitrogens is 2. The van der Waals surface area contributed by atoms with Gasteiger partial charge in [-0.1, -0.05) is 29.4 Å². The molecule has 0 atom stereocenters. The van der Waals surface area contributed by atoms with Crippen LogP contribution >= 0.6 is 34.7 Å². The molecule has 0 saturated heterocycles. The fraction of sp³-hybridized carbons (Fsp3) is 0. The molecule has 2 rings (SSSR count). The zero-order valence-electron chi connectivity index (χ0n) is 7.66. The lowest BCUT2D eigenvalue weighted by molar-refractivity contribution is -0.388. The van der Waals surface area contributed by atoms with Gasteiger partial charge in [0, 0.05) is 0 Å². The van der Waals surface area contributed by atoms with Crippen LogP contribution in [0.15, 0.2) is 33.1 Å². The smallest absolute Gasteiger partial charge is 0.258 e. The number of nitro groups is 1. The second-order valence-electron chi connectivity index (χ2n) is 2.61. The van der Waals surface area contributed by atoms with Gasteiger partial charge in [0.05, 0.1) is 9.13 Å². The Morgan fingerprint density at radius 2 is 2.31 bits per heavy atom. The zero-order chi connectivity index (χ0) is 11.5. The minimum absolute atomic E-state index is 0.140. The maximum Gasteiger partial charge on any atom is 0.338 e. The maximum atomic E-state index is 10.8. The van der Waals surface area contributed by atoms with Gasteiger partial charge in [0.15, 0.2) is 5.03 Å². The van der Waals surface area contributed by atoms with Crippen LogP contribution in [-0.2, 0) is 0 Å². The van der Waals surface area contributed by atoms with Gasteiger partial charge in [-0.3, -0.25) is 10.1 Å². The van der Waals surface area contributed by atoms with Crippen molar-refractivity contribution >= 4 is 40.4 Å². The third-order valence-electron chi connectivity index (χ3n) is 1.62. The van der Waals surface area contributed by atoms with Crippen LogP contribution in [0.25, 0.3) is 0 Å². The van der Waals surface area contributed by atoms with Crippen LogP contribution in [0.1, 0.15) is 0 Å². The van der Waals surface area contributed by atoms with E-state index in [-0.39, 0.29) is 15.9 Å². The predicted octanol–water partition coefficient (Wildman–Crippen LogP) is 3.25. The van der Waals surface area contributed by atoms with E-state index in [2.05, 4.69) is 9.97 Å². The molecule has 0 unspecified atom stereocenters. The van der Waals surface area contributed by atoms with E-state index in [9.17, 15) is 10.1 Å². The quantitative estimate of drug-likeness (QED) is 0.488. The Morgan fingerprint density at radius 3 is 2.94 bits per heavy atom. The molecule has 0 radical (unpaired) electrons. The van der Waals surface area contributed by atoms with Crippen LogP contribution in [0.4, 0.5) is 5.69 Å². The van der Waals surface area contributed by atoms with E-state index in [1.54, 1.807) is 0 Å². The minimum Gasteiger partial charge on any atom is -0.258 e. The number of hydrogen-bond acceptors (Lipinski definition) is 6. The van der Waals surface area contributed by atoms with E-state index in [1.807, 2.05) is 17.5 Å². The average molecular weight is 274 g/mol. The SMILES string of the molecule is O=[N+]([O-])c1c(Cl)ncnc1Sc1cccs1. The summed E-state index contributed by atoms with van der Waals surface area (Å²) in [7, 11) is 0. The highest BCUT2D eigenvalue weighted by Gasteiger charge is 2.22. The highest BCUT2D eigenvalue weighted by molar-refractivity contribution is 8.01. The van der Waals surface area contributed by atoms with Crippen LogP contribution in [0.3, 0.4) is 0 Å². The molecule has 0 aliphatic rings. The fourth-order valence-electron chi connectivity index (χ4n) is 0.987. The molecule has 0 amide bonds. The summed E-state index contributed by atoms with van der Waals surface area (Å²) in [5.41, 5.74) is -0.248. The predicted molar refractivity (Wildman–Crippen MR) is 62.1 cm³/mol. The Balaban J connectivity index is 2.40. The number of nitrogens with zero attached hydrogens (tertiary/aromatic N) is 3.